The third-order valence-corrected chi connectivity index (χ3v) is 7.15. The van der Waals surface area contributed by atoms with E-state index in [-0.39, 0.29) is 48.3 Å². The molecule has 4 heterocycles. The van der Waals surface area contributed by atoms with Crippen molar-refractivity contribution in [2.24, 2.45) is 4.99 Å². The lowest BCUT2D eigenvalue weighted by Crippen LogP contribution is -2.41. The normalized spacial score (nSPS) is 17.2. The van der Waals surface area contributed by atoms with Crippen molar-refractivity contribution in [3.05, 3.63) is 92.9 Å². The minimum absolute atomic E-state index is 0.0783. The van der Waals surface area contributed by atoms with Crippen LogP contribution in [-0.2, 0) is 20.7 Å². The van der Waals surface area contributed by atoms with Gasteiger partial charge in [0.05, 0.1) is 47.6 Å². The Morgan fingerprint density at radius 1 is 1.14 bits per heavy atom. The van der Waals surface area contributed by atoms with Crippen LogP contribution in [0.1, 0.15) is 31.2 Å². The SMILES string of the molecule is CCOC(=O)C1=C(C)N=C2C=C(Cc3ccc(-c4ccc(OC)cc4[N+](=O)[O-])o3)C(=O)N2C1c1ccc2c(c1)OCO2. The summed E-state index contributed by atoms with van der Waals surface area (Å²) in [4.78, 5) is 44.2. The summed E-state index contributed by atoms with van der Waals surface area (Å²) in [7, 11) is 1.43. The quantitative estimate of drug-likeness (QED) is 0.210. The molecule has 0 radical (unpaired) electrons. The molecular weight excluding hydrogens is 546 g/mol. The summed E-state index contributed by atoms with van der Waals surface area (Å²) in [6.07, 6.45) is 1.76. The van der Waals surface area contributed by atoms with E-state index in [0.717, 1.165) is 0 Å². The van der Waals surface area contributed by atoms with Crippen LogP contribution in [0.2, 0.25) is 0 Å². The van der Waals surface area contributed by atoms with Gasteiger partial charge in [-0.2, -0.15) is 0 Å². The number of amides is 1. The molecule has 0 saturated heterocycles. The van der Waals surface area contributed by atoms with Gasteiger partial charge in [0.2, 0.25) is 6.79 Å². The summed E-state index contributed by atoms with van der Waals surface area (Å²) in [5, 5.41) is 11.7. The van der Waals surface area contributed by atoms with E-state index < -0.39 is 16.9 Å². The number of hydrogen-bond acceptors (Lipinski definition) is 10. The average Bonchev–Trinajstić information content (AvgIpc) is 3.71. The van der Waals surface area contributed by atoms with Crippen molar-refractivity contribution in [2.75, 3.05) is 20.5 Å². The predicted molar refractivity (Wildman–Crippen MR) is 148 cm³/mol. The van der Waals surface area contributed by atoms with Crippen LogP contribution in [-0.4, -0.2) is 48.0 Å². The van der Waals surface area contributed by atoms with Gasteiger partial charge in [0.1, 0.15) is 23.1 Å². The smallest absolute Gasteiger partial charge is 0.338 e. The second kappa shape index (κ2) is 10.5. The number of carbonyl (C=O) groups excluding carboxylic acids is 2. The number of amidine groups is 1. The average molecular weight is 572 g/mol. The fourth-order valence-corrected chi connectivity index (χ4v) is 5.24. The lowest BCUT2D eigenvalue weighted by molar-refractivity contribution is -0.384. The Bertz CT molecular complexity index is 1730. The zero-order chi connectivity index (χ0) is 29.5. The van der Waals surface area contributed by atoms with Gasteiger partial charge >= 0.3 is 5.97 Å². The Balaban J connectivity index is 1.33. The van der Waals surface area contributed by atoms with Gasteiger partial charge in [-0.15, -0.1) is 0 Å². The molecule has 3 aliphatic rings. The van der Waals surface area contributed by atoms with E-state index in [9.17, 15) is 19.7 Å². The van der Waals surface area contributed by atoms with Crippen molar-refractivity contribution in [3.8, 4) is 28.6 Å². The highest BCUT2D eigenvalue weighted by Crippen LogP contribution is 2.43. The molecule has 3 aromatic rings. The highest BCUT2D eigenvalue weighted by Gasteiger charge is 2.44. The summed E-state index contributed by atoms with van der Waals surface area (Å²) in [5.41, 5.74) is 1.79. The van der Waals surface area contributed by atoms with Crippen LogP contribution in [0.15, 0.2) is 80.9 Å². The molecule has 0 fully saturated rings. The summed E-state index contributed by atoms with van der Waals surface area (Å²) < 4.78 is 27.4. The number of allylic oxidation sites excluding steroid dienone is 1. The van der Waals surface area contributed by atoms with Crippen molar-refractivity contribution < 1.29 is 37.9 Å². The van der Waals surface area contributed by atoms with Crippen molar-refractivity contribution in [3.63, 3.8) is 0 Å². The van der Waals surface area contributed by atoms with E-state index in [1.807, 2.05) is 0 Å². The summed E-state index contributed by atoms with van der Waals surface area (Å²) in [6.45, 7) is 3.65. The molecule has 0 bridgehead atoms. The first kappa shape index (κ1) is 26.8. The summed E-state index contributed by atoms with van der Waals surface area (Å²) >= 11 is 0. The zero-order valence-corrected chi connectivity index (χ0v) is 22.9. The van der Waals surface area contributed by atoms with Crippen molar-refractivity contribution >= 4 is 23.4 Å². The maximum atomic E-state index is 13.9. The second-order valence-corrected chi connectivity index (χ2v) is 9.63. The summed E-state index contributed by atoms with van der Waals surface area (Å²) in [5.74, 6) is 1.57. The lowest BCUT2D eigenvalue weighted by Gasteiger charge is -2.33. The summed E-state index contributed by atoms with van der Waals surface area (Å²) in [6, 6.07) is 12.2. The van der Waals surface area contributed by atoms with Crippen molar-refractivity contribution in [1.82, 2.24) is 4.90 Å². The molecule has 1 unspecified atom stereocenters. The van der Waals surface area contributed by atoms with E-state index >= 15 is 0 Å². The van der Waals surface area contributed by atoms with E-state index in [4.69, 9.17) is 23.4 Å². The first-order chi connectivity index (χ1) is 20.3. The zero-order valence-electron chi connectivity index (χ0n) is 22.9. The van der Waals surface area contributed by atoms with Crippen LogP contribution >= 0.6 is 0 Å². The van der Waals surface area contributed by atoms with Crippen LogP contribution in [0, 0.1) is 10.1 Å². The molecule has 42 heavy (non-hydrogen) atoms. The number of nitrogens with zero attached hydrogens (tertiary/aromatic N) is 3. The number of aliphatic imine (C=N–C) groups is 1. The topological polar surface area (TPSA) is 143 Å². The molecule has 6 rings (SSSR count). The fourth-order valence-electron chi connectivity index (χ4n) is 5.24. The fraction of sp³-hybridized carbons (Fsp3) is 0.233. The monoisotopic (exact) mass is 571 g/mol. The Morgan fingerprint density at radius 3 is 2.71 bits per heavy atom. The third-order valence-electron chi connectivity index (χ3n) is 7.15. The Labute approximate surface area is 239 Å². The third kappa shape index (κ3) is 4.56. The standard InChI is InChI=1S/C30H25N3O9/c1-4-39-30(35)27-16(2)31-26-13-18(29(34)32(26)28(27)17-5-9-24-25(12-17)41-15-40-24)11-20-7-10-23(42-20)21-8-6-19(38-3)14-22(21)33(36)37/h5-10,12-14,28H,4,11,15H2,1-3H3. The molecule has 1 amide bonds. The van der Waals surface area contributed by atoms with Gasteiger partial charge in [-0.1, -0.05) is 6.07 Å². The number of hydrogen-bond donors (Lipinski definition) is 0. The number of rotatable bonds is 8. The first-order valence-electron chi connectivity index (χ1n) is 13.1. The van der Waals surface area contributed by atoms with Crippen molar-refractivity contribution in [1.29, 1.82) is 0 Å². The molecule has 3 aliphatic heterocycles. The van der Waals surface area contributed by atoms with E-state index in [0.29, 0.717) is 45.7 Å². The molecule has 12 heteroatoms. The van der Waals surface area contributed by atoms with Gasteiger partial charge < -0.3 is 23.4 Å². The van der Waals surface area contributed by atoms with Gasteiger partial charge in [-0.25, -0.2) is 9.79 Å². The van der Waals surface area contributed by atoms with Crippen LogP contribution in [0.5, 0.6) is 17.2 Å². The number of fused-ring (bicyclic) bond motifs is 2. The molecular formula is C30H25N3O9. The lowest BCUT2D eigenvalue weighted by atomic mass is 9.93. The van der Waals surface area contributed by atoms with Gasteiger partial charge in [-0.05, 0) is 61.9 Å². The van der Waals surface area contributed by atoms with Crippen LogP contribution in [0.3, 0.4) is 0 Å². The van der Waals surface area contributed by atoms with Crippen LogP contribution < -0.4 is 14.2 Å². The predicted octanol–water partition coefficient (Wildman–Crippen LogP) is 4.89. The molecule has 0 spiro atoms. The number of furan rings is 1. The number of esters is 1. The molecule has 1 atom stereocenters. The molecule has 1 aromatic heterocycles. The Morgan fingerprint density at radius 2 is 1.95 bits per heavy atom. The second-order valence-electron chi connectivity index (χ2n) is 9.63. The number of carbonyl (C=O) groups is 2. The maximum Gasteiger partial charge on any atom is 0.338 e. The largest absolute Gasteiger partial charge is 0.497 e. The highest BCUT2D eigenvalue weighted by molar-refractivity contribution is 6.20. The molecule has 0 aliphatic carbocycles. The van der Waals surface area contributed by atoms with Gasteiger partial charge in [0.15, 0.2) is 11.5 Å². The minimum atomic E-state index is -0.818. The Kier molecular flexibility index (Phi) is 6.73. The molecule has 0 N–H and O–H groups in total. The molecule has 214 valence electrons. The van der Waals surface area contributed by atoms with Gasteiger partial charge in [0.25, 0.3) is 11.6 Å². The molecule has 12 nitrogen and oxygen atoms in total. The van der Waals surface area contributed by atoms with E-state index in [1.54, 1.807) is 62.4 Å². The molecule has 2 aromatic carbocycles. The van der Waals surface area contributed by atoms with Crippen LogP contribution in [0.4, 0.5) is 5.69 Å². The van der Waals surface area contributed by atoms with Gasteiger partial charge in [0, 0.05) is 12.0 Å². The van der Waals surface area contributed by atoms with Crippen molar-refractivity contribution in [2.45, 2.75) is 26.3 Å². The number of nitro groups is 1. The minimum Gasteiger partial charge on any atom is -0.497 e. The first-order valence-corrected chi connectivity index (χ1v) is 13.1. The number of methoxy groups -OCH3 is 1. The van der Waals surface area contributed by atoms with E-state index in [2.05, 4.69) is 4.99 Å². The number of nitro benzene ring substituents is 1. The van der Waals surface area contributed by atoms with Crippen LogP contribution in [0.25, 0.3) is 11.3 Å². The Hall–Kier alpha value is -5.39. The van der Waals surface area contributed by atoms with Gasteiger partial charge in [-0.3, -0.25) is 19.8 Å². The maximum absolute atomic E-state index is 13.9. The molecule has 0 saturated carbocycles. The number of ether oxygens (including phenoxy) is 4. The highest BCUT2D eigenvalue weighted by atomic mass is 16.7. The van der Waals surface area contributed by atoms with E-state index in [1.165, 1.54) is 18.1 Å². The number of benzene rings is 2.